The Morgan fingerprint density at radius 2 is 1.58 bits per heavy atom. The number of halogens is 2. The maximum atomic E-state index is 6.58. The first-order chi connectivity index (χ1) is 7.20. The third-order valence-electron chi connectivity index (χ3n) is 1.61. The van der Waals surface area contributed by atoms with E-state index in [4.69, 9.17) is 5.73 Å². The molecular formula is C14H23Cl2NSiTi-4. The average Bonchev–Trinajstić information content (AvgIpc) is 2.67. The Morgan fingerprint density at radius 1 is 1.16 bits per heavy atom. The molecule has 0 heterocycles. The molecule has 2 rings (SSSR count). The number of rotatable bonds is 0. The number of hydrogen-bond acceptors (Lipinski definition) is 0. The summed E-state index contributed by atoms with van der Waals surface area (Å²) in [5.74, 6) is 0. The minimum absolute atomic E-state index is 0. The average molecular weight is 352 g/mol. The maximum absolute atomic E-state index is 6.58. The molecule has 2 radical (unpaired) electrons. The fourth-order valence-electron chi connectivity index (χ4n) is 1.11. The molecular weight excluding hydrogens is 329 g/mol. The summed E-state index contributed by atoms with van der Waals surface area (Å²) < 4.78 is 0. The Labute approximate surface area is 145 Å². The molecule has 0 atom stereocenters. The van der Waals surface area contributed by atoms with Crippen LogP contribution in [0, 0.1) is 20.9 Å². The van der Waals surface area contributed by atoms with Crippen LogP contribution in [0.2, 0.25) is 0 Å². The van der Waals surface area contributed by atoms with E-state index in [1.807, 2.05) is 13.8 Å². The summed E-state index contributed by atoms with van der Waals surface area (Å²) in [7, 11) is 2.97. The van der Waals surface area contributed by atoms with Crippen LogP contribution in [0.25, 0.3) is 11.8 Å². The van der Waals surface area contributed by atoms with Crippen molar-refractivity contribution in [1.82, 2.24) is 0 Å². The standard InChI is InChI=1S/C9H7.C3H8N.2CH3.2ClH.Si.Ti/c1-2-5-9-7-3-6-8(9)4-1;1-3(2)4;;;;;;/h1-2,4-6H,7H2;3-4H,1-2H3;2*1H3;2*1H;;/q4*-1;;;;. The van der Waals surface area contributed by atoms with Gasteiger partial charge in [0.15, 0.2) is 0 Å². The number of benzene rings is 1. The second kappa shape index (κ2) is 20.7. The van der Waals surface area contributed by atoms with Crippen molar-refractivity contribution in [3.05, 3.63) is 62.1 Å². The van der Waals surface area contributed by atoms with Gasteiger partial charge in [-0.1, -0.05) is 32.0 Å². The molecule has 0 spiro atoms. The molecule has 0 amide bonds. The molecule has 0 saturated carbocycles. The fourth-order valence-corrected chi connectivity index (χ4v) is 1.11. The zero-order chi connectivity index (χ0) is 11.7. The Balaban J connectivity index is -0.0000000587. The summed E-state index contributed by atoms with van der Waals surface area (Å²) >= 11 is 1.81. The van der Waals surface area contributed by atoms with Crippen LogP contribution in [0.4, 0.5) is 0 Å². The van der Waals surface area contributed by atoms with Crippen LogP contribution in [-0.2, 0) is 25.6 Å². The molecule has 1 aromatic carbocycles. The van der Waals surface area contributed by atoms with E-state index in [9.17, 15) is 0 Å². The molecule has 1 nitrogen and oxygen atoms in total. The Bertz CT molecular complexity index is 317. The van der Waals surface area contributed by atoms with Gasteiger partial charge in [-0.2, -0.15) is 5.56 Å². The van der Waals surface area contributed by atoms with Gasteiger partial charge < -0.3 is 20.6 Å². The van der Waals surface area contributed by atoms with Gasteiger partial charge in [-0.15, -0.1) is 48.9 Å². The number of fused-ring (bicyclic) bond motifs is 1. The Morgan fingerprint density at radius 3 is 2.00 bits per heavy atom. The second-order valence-electron chi connectivity index (χ2n) is 3.38. The first-order valence-corrected chi connectivity index (χ1v) is 7.65. The van der Waals surface area contributed by atoms with Gasteiger partial charge in [0, 0.05) is 0 Å². The molecule has 110 valence electrons. The summed E-state index contributed by atoms with van der Waals surface area (Å²) in [5.41, 5.74) is 9.31. The van der Waals surface area contributed by atoms with Gasteiger partial charge in [0.2, 0.25) is 0 Å². The number of nitrogens with one attached hydrogen (secondary N) is 1. The van der Waals surface area contributed by atoms with Crippen LogP contribution in [-0.4, -0.2) is 13.7 Å². The van der Waals surface area contributed by atoms with Crippen molar-refractivity contribution in [2.75, 3.05) is 0 Å². The first-order valence-electron chi connectivity index (χ1n) is 4.81. The van der Waals surface area contributed by atoms with E-state index < -0.39 is 0 Å². The van der Waals surface area contributed by atoms with Crippen molar-refractivity contribution in [2.45, 2.75) is 26.3 Å². The predicted molar refractivity (Wildman–Crippen MR) is 90.4 cm³/mol. The Hall–Kier alpha value is 0.431. The SMILES string of the molecule is CC(C)[NH-].Cl.Cl.[C-]1=Cc2ccccc2C1.[CH3-].[CH3-].[Si]=[Ti]. The van der Waals surface area contributed by atoms with E-state index in [0.29, 0.717) is 0 Å². The molecule has 0 bridgehead atoms. The minimum atomic E-state index is 0. The normalized spacial score (nSPS) is 8.58. The summed E-state index contributed by atoms with van der Waals surface area (Å²) in [6, 6.07) is 8.48. The van der Waals surface area contributed by atoms with Gasteiger partial charge in [-0.05, 0) is 0 Å². The zero-order valence-electron chi connectivity index (χ0n) is 12.0. The van der Waals surface area contributed by atoms with Crippen LogP contribution in [0.5, 0.6) is 0 Å². The van der Waals surface area contributed by atoms with E-state index in [2.05, 4.69) is 44.0 Å². The molecule has 1 N–H and O–H groups in total. The van der Waals surface area contributed by atoms with Gasteiger partial charge in [0.25, 0.3) is 0 Å². The fraction of sp³-hybridized carbons (Fsp3) is 0.286. The summed E-state index contributed by atoms with van der Waals surface area (Å²) in [6.45, 7) is 3.67. The van der Waals surface area contributed by atoms with Gasteiger partial charge in [-0.25, -0.2) is 6.08 Å². The van der Waals surface area contributed by atoms with Crippen molar-refractivity contribution in [3.63, 3.8) is 0 Å². The predicted octanol–water partition coefficient (Wildman–Crippen LogP) is 4.87. The van der Waals surface area contributed by atoms with Gasteiger partial charge in [0.05, 0.1) is 0 Å². The van der Waals surface area contributed by atoms with Crippen LogP contribution < -0.4 is 0 Å². The van der Waals surface area contributed by atoms with Gasteiger partial charge in [0.1, 0.15) is 0 Å². The van der Waals surface area contributed by atoms with Crippen molar-refractivity contribution < 1.29 is 19.2 Å². The van der Waals surface area contributed by atoms with Crippen molar-refractivity contribution in [3.8, 4) is 0 Å². The second-order valence-corrected chi connectivity index (χ2v) is 3.38. The summed E-state index contributed by atoms with van der Waals surface area (Å²) in [4.78, 5) is 0. The number of hydrogen-bond donors (Lipinski definition) is 0. The van der Waals surface area contributed by atoms with E-state index in [0.717, 1.165) is 6.42 Å². The molecule has 1 aliphatic rings. The first kappa shape index (κ1) is 31.7. The van der Waals surface area contributed by atoms with Crippen molar-refractivity contribution in [1.29, 1.82) is 0 Å². The van der Waals surface area contributed by atoms with Crippen molar-refractivity contribution >= 4 is 38.5 Å². The van der Waals surface area contributed by atoms with Crippen LogP contribution in [0.15, 0.2) is 24.3 Å². The molecule has 1 aliphatic carbocycles. The molecule has 1 aromatic rings. The Kier molecular flexibility index (Phi) is 34.6. The quantitative estimate of drug-likeness (QED) is 0.470. The third-order valence-corrected chi connectivity index (χ3v) is 1.61. The van der Waals surface area contributed by atoms with Crippen LogP contribution >= 0.6 is 24.8 Å². The summed E-state index contributed by atoms with van der Waals surface area (Å²) in [5, 5.41) is 0. The molecule has 0 fully saturated rings. The van der Waals surface area contributed by atoms with E-state index in [1.54, 1.807) is 19.2 Å². The van der Waals surface area contributed by atoms with Crippen LogP contribution in [0.1, 0.15) is 25.0 Å². The van der Waals surface area contributed by atoms with Gasteiger partial charge in [-0.3, -0.25) is 6.08 Å². The molecule has 0 unspecified atom stereocenters. The molecule has 5 heteroatoms. The molecule has 0 aliphatic heterocycles. The van der Waals surface area contributed by atoms with Crippen molar-refractivity contribution in [2.24, 2.45) is 0 Å². The zero-order valence-corrected chi connectivity index (χ0v) is 16.2. The topological polar surface area (TPSA) is 23.8 Å². The number of allylic oxidation sites excluding steroid dienone is 1. The summed E-state index contributed by atoms with van der Waals surface area (Å²) in [6.07, 6.45) is 6.21. The molecule has 0 saturated heterocycles. The van der Waals surface area contributed by atoms with E-state index in [-0.39, 0.29) is 45.7 Å². The van der Waals surface area contributed by atoms with Crippen LogP contribution in [0.3, 0.4) is 0 Å². The molecule has 0 aromatic heterocycles. The monoisotopic (exact) mass is 351 g/mol. The van der Waals surface area contributed by atoms with E-state index in [1.165, 1.54) is 11.1 Å². The van der Waals surface area contributed by atoms with Gasteiger partial charge >= 0.3 is 26.8 Å². The third kappa shape index (κ3) is 16.4. The molecule has 19 heavy (non-hydrogen) atoms. The van der Waals surface area contributed by atoms with E-state index >= 15 is 0 Å².